The van der Waals surface area contributed by atoms with Crippen LogP contribution in [0.2, 0.25) is 0 Å². The Hall–Kier alpha value is -3.39. The van der Waals surface area contributed by atoms with Crippen molar-refractivity contribution < 1.29 is 8.98 Å². The molecule has 2 aliphatic carbocycles. The summed E-state index contributed by atoms with van der Waals surface area (Å²) in [5, 5.41) is 2.41. The van der Waals surface area contributed by atoms with Crippen LogP contribution in [-0.4, -0.2) is 0 Å². The topological polar surface area (TPSA) is 17.0 Å². The number of furan rings is 1. The second-order valence-corrected chi connectivity index (χ2v) is 10.7. The van der Waals surface area contributed by atoms with E-state index in [1.54, 1.807) is 16.7 Å². The highest BCUT2D eigenvalue weighted by Gasteiger charge is 2.26. The fourth-order valence-corrected chi connectivity index (χ4v) is 6.79. The lowest BCUT2D eigenvalue weighted by molar-refractivity contribution is -0.660. The van der Waals surface area contributed by atoms with E-state index in [0.29, 0.717) is 0 Å². The van der Waals surface area contributed by atoms with Crippen molar-refractivity contribution in [3.8, 4) is 22.4 Å². The zero-order chi connectivity index (χ0) is 23.5. The van der Waals surface area contributed by atoms with Gasteiger partial charge in [0.15, 0.2) is 6.20 Å². The quantitative estimate of drug-likeness (QED) is 0.249. The Bertz CT molecular complexity index is 1600. The molecule has 0 spiro atoms. The Kier molecular flexibility index (Phi) is 4.84. The van der Waals surface area contributed by atoms with E-state index < -0.39 is 0 Å². The molecule has 0 atom stereocenters. The Morgan fingerprint density at radius 3 is 2.54 bits per heavy atom. The number of hydrogen-bond acceptors (Lipinski definition) is 1. The van der Waals surface area contributed by atoms with Crippen molar-refractivity contribution >= 4 is 21.9 Å². The molecule has 0 aliphatic heterocycles. The summed E-state index contributed by atoms with van der Waals surface area (Å²) in [6.07, 6.45) is 11.3. The molecule has 0 N–H and O–H groups in total. The molecule has 0 saturated heterocycles. The number of rotatable bonds is 3. The van der Waals surface area contributed by atoms with E-state index in [1.165, 1.54) is 83.7 Å². The smallest absolute Gasteiger partial charge is 0.216 e. The van der Waals surface area contributed by atoms with Crippen molar-refractivity contribution in [2.45, 2.75) is 57.8 Å². The van der Waals surface area contributed by atoms with Gasteiger partial charge in [0, 0.05) is 28.5 Å². The summed E-state index contributed by atoms with van der Waals surface area (Å²) < 4.78 is 9.02. The zero-order valence-electron chi connectivity index (χ0n) is 20.7. The molecule has 3 aromatic carbocycles. The standard InChI is InChI=1S/C33H32NO/c1-21-16-17-28-27-14-8-13-26(32(27)35-33(28)31(21)30-15-5-6-18-34(30)2)24-19-23-11-7-12-25(23)29(20-24)22-9-3-4-10-22/h5-6,8,13-20,22H,3-4,7,9-12H2,1-2H3/q+1. The second kappa shape index (κ2) is 8.09. The minimum absolute atomic E-state index is 0.740. The van der Waals surface area contributed by atoms with E-state index in [0.717, 1.165) is 17.1 Å². The third-order valence-corrected chi connectivity index (χ3v) is 8.54. The molecule has 35 heavy (non-hydrogen) atoms. The predicted octanol–water partition coefficient (Wildman–Crippen LogP) is 8.20. The number of nitrogens with zero attached hydrogens (tertiary/aromatic N) is 1. The van der Waals surface area contributed by atoms with Crippen LogP contribution in [0.4, 0.5) is 0 Å². The van der Waals surface area contributed by atoms with E-state index in [4.69, 9.17) is 4.42 Å². The maximum Gasteiger partial charge on any atom is 0.216 e. The molecule has 2 nitrogen and oxygen atoms in total. The number of aromatic nitrogens is 1. The Balaban J connectivity index is 1.48. The summed E-state index contributed by atoms with van der Waals surface area (Å²) in [4.78, 5) is 0. The third-order valence-electron chi connectivity index (χ3n) is 8.54. The van der Waals surface area contributed by atoms with Crippen LogP contribution in [-0.2, 0) is 19.9 Å². The van der Waals surface area contributed by atoms with Gasteiger partial charge in [0.05, 0.1) is 5.56 Å². The van der Waals surface area contributed by atoms with Crippen molar-refractivity contribution in [3.05, 3.63) is 89.1 Å². The monoisotopic (exact) mass is 458 g/mol. The first kappa shape index (κ1) is 20.9. The van der Waals surface area contributed by atoms with Crippen LogP contribution in [0, 0.1) is 6.92 Å². The van der Waals surface area contributed by atoms with Crippen LogP contribution in [0.25, 0.3) is 44.3 Å². The summed E-state index contributed by atoms with van der Waals surface area (Å²) in [5.41, 5.74) is 13.0. The van der Waals surface area contributed by atoms with Gasteiger partial charge < -0.3 is 4.42 Å². The normalized spacial score (nSPS) is 15.9. The molecule has 0 unspecified atom stereocenters. The Morgan fingerprint density at radius 1 is 0.829 bits per heavy atom. The van der Waals surface area contributed by atoms with E-state index in [-0.39, 0.29) is 0 Å². The fraction of sp³-hybridized carbons (Fsp3) is 0.303. The van der Waals surface area contributed by atoms with Gasteiger partial charge in [-0.05, 0) is 78.8 Å². The van der Waals surface area contributed by atoms with Crippen LogP contribution in [0.3, 0.4) is 0 Å². The summed E-state index contributed by atoms with van der Waals surface area (Å²) in [7, 11) is 2.11. The van der Waals surface area contributed by atoms with Crippen LogP contribution in [0.15, 0.2) is 71.3 Å². The molecule has 0 radical (unpaired) electrons. The molecule has 7 rings (SSSR count). The molecule has 2 aromatic heterocycles. The summed E-state index contributed by atoms with van der Waals surface area (Å²) >= 11 is 0. The second-order valence-electron chi connectivity index (χ2n) is 10.7. The van der Waals surface area contributed by atoms with E-state index in [2.05, 4.69) is 85.4 Å². The molecule has 0 bridgehead atoms. The molecule has 2 aliphatic rings. The molecule has 2 heteroatoms. The maximum absolute atomic E-state index is 6.83. The van der Waals surface area contributed by atoms with Gasteiger partial charge in [-0.2, -0.15) is 0 Å². The minimum atomic E-state index is 0.740. The number of hydrogen-bond donors (Lipinski definition) is 0. The average Bonchev–Trinajstić information content (AvgIpc) is 3.63. The highest BCUT2D eigenvalue weighted by Crippen LogP contribution is 2.44. The highest BCUT2D eigenvalue weighted by atomic mass is 16.3. The first-order valence-corrected chi connectivity index (χ1v) is 13.2. The molecule has 1 saturated carbocycles. The van der Waals surface area contributed by atoms with Crippen molar-refractivity contribution in [3.63, 3.8) is 0 Å². The van der Waals surface area contributed by atoms with Gasteiger partial charge in [0.25, 0.3) is 0 Å². The van der Waals surface area contributed by atoms with Gasteiger partial charge in [0.2, 0.25) is 5.69 Å². The molecule has 0 amide bonds. The van der Waals surface area contributed by atoms with Crippen molar-refractivity contribution in [2.24, 2.45) is 7.05 Å². The number of fused-ring (bicyclic) bond motifs is 4. The van der Waals surface area contributed by atoms with Crippen molar-refractivity contribution in [1.29, 1.82) is 0 Å². The van der Waals surface area contributed by atoms with Gasteiger partial charge in [-0.3, -0.25) is 0 Å². The lowest BCUT2D eigenvalue weighted by atomic mass is 9.87. The number of benzene rings is 3. The molecular weight excluding hydrogens is 426 g/mol. The first-order chi connectivity index (χ1) is 17.2. The van der Waals surface area contributed by atoms with E-state index in [1.807, 2.05) is 0 Å². The van der Waals surface area contributed by atoms with Crippen LogP contribution in [0.5, 0.6) is 0 Å². The third kappa shape index (κ3) is 3.26. The Labute approximate surface area is 207 Å². The average molecular weight is 459 g/mol. The lowest BCUT2D eigenvalue weighted by Crippen LogP contribution is -2.30. The van der Waals surface area contributed by atoms with Crippen LogP contribution in [0.1, 0.15) is 60.3 Å². The van der Waals surface area contributed by atoms with Crippen molar-refractivity contribution in [1.82, 2.24) is 0 Å². The van der Waals surface area contributed by atoms with Gasteiger partial charge in [-0.1, -0.05) is 55.3 Å². The number of para-hydroxylation sites is 1. The highest BCUT2D eigenvalue weighted by molar-refractivity contribution is 6.13. The van der Waals surface area contributed by atoms with E-state index >= 15 is 0 Å². The van der Waals surface area contributed by atoms with Crippen LogP contribution < -0.4 is 4.57 Å². The predicted molar refractivity (Wildman–Crippen MR) is 144 cm³/mol. The maximum atomic E-state index is 6.83. The summed E-state index contributed by atoms with van der Waals surface area (Å²) in [6.45, 7) is 2.18. The number of aryl methyl sites for hydroxylation is 3. The van der Waals surface area contributed by atoms with Crippen LogP contribution >= 0.6 is 0 Å². The van der Waals surface area contributed by atoms with Gasteiger partial charge in [-0.25, -0.2) is 4.57 Å². The first-order valence-electron chi connectivity index (χ1n) is 13.2. The largest absolute Gasteiger partial charge is 0.454 e. The Morgan fingerprint density at radius 2 is 1.69 bits per heavy atom. The van der Waals surface area contributed by atoms with Gasteiger partial charge >= 0.3 is 0 Å². The number of pyridine rings is 1. The SMILES string of the molecule is Cc1ccc2c(oc3c(-c4cc5c(c(C6CCCC6)c4)CCC5)cccc32)c1-c1cccc[n+]1C. The zero-order valence-corrected chi connectivity index (χ0v) is 20.7. The summed E-state index contributed by atoms with van der Waals surface area (Å²) in [5.74, 6) is 0.740. The van der Waals surface area contributed by atoms with Gasteiger partial charge in [-0.15, -0.1) is 0 Å². The van der Waals surface area contributed by atoms with Gasteiger partial charge in [0.1, 0.15) is 18.2 Å². The molecule has 174 valence electrons. The molecule has 5 aromatic rings. The molecular formula is C33H32NO+. The lowest BCUT2D eigenvalue weighted by Gasteiger charge is -2.17. The molecule has 1 fully saturated rings. The minimum Gasteiger partial charge on any atom is -0.454 e. The summed E-state index contributed by atoms with van der Waals surface area (Å²) in [6, 6.07) is 22.5. The fourth-order valence-electron chi connectivity index (χ4n) is 6.79. The van der Waals surface area contributed by atoms with Crippen molar-refractivity contribution in [2.75, 3.05) is 0 Å². The molecule has 2 heterocycles. The van der Waals surface area contributed by atoms with E-state index in [9.17, 15) is 0 Å².